The fraction of sp³-hybridized carbons (Fsp3) is 0.524. The maximum absolute atomic E-state index is 12.9. The van der Waals surface area contributed by atoms with Crippen molar-refractivity contribution in [2.24, 2.45) is 5.92 Å². The van der Waals surface area contributed by atoms with Gasteiger partial charge in [0, 0.05) is 0 Å². The summed E-state index contributed by atoms with van der Waals surface area (Å²) in [5, 5.41) is -0.0453. The smallest absolute Gasteiger partial charge is 0.329 e. The highest BCUT2D eigenvalue weighted by molar-refractivity contribution is 6.80. The number of hydrogen-bond acceptors (Lipinski definition) is 4. The first-order valence-corrected chi connectivity index (χ1v) is 12.2. The van der Waals surface area contributed by atoms with E-state index in [2.05, 4.69) is 40.4 Å². The highest BCUT2D eigenvalue weighted by Gasteiger charge is 2.59. The maximum atomic E-state index is 12.9. The van der Waals surface area contributed by atoms with Gasteiger partial charge in [0.25, 0.3) is 0 Å². The molecule has 0 saturated carbocycles. The van der Waals surface area contributed by atoms with Gasteiger partial charge >= 0.3 is 5.97 Å². The van der Waals surface area contributed by atoms with Gasteiger partial charge in [0.15, 0.2) is 8.24 Å². The average Bonchev–Trinajstić information content (AvgIpc) is 2.61. The van der Waals surface area contributed by atoms with E-state index in [9.17, 15) is 9.59 Å². The van der Waals surface area contributed by atoms with Crippen molar-refractivity contribution in [2.45, 2.75) is 58.0 Å². The van der Waals surface area contributed by atoms with E-state index in [4.69, 9.17) is 9.47 Å². The Morgan fingerprint density at radius 1 is 1.26 bits per heavy atom. The molecule has 0 spiro atoms. The van der Waals surface area contributed by atoms with E-state index in [0.29, 0.717) is 6.42 Å². The molecule has 0 aliphatic carbocycles. The number of rotatable bonds is 7. The maximum Gasteiger partial charge on any atom is 0.329 e. The summed E-state index contributed by atoms with van der Waals surface area (Å²) in [4.78, 5) is 25.7. The summed E-state index contributed by atoms with van der Waals surface area (Å²) in [6.45, 7) is 14.6. The Morgan fingerprint density at radius 2 is 1.85 bits per heavy atom. The van der Waals surface area contributed by atoms with Gasteiger partial charge in [0.05, 0.1) is 13.0 Å². The van der Waals surface area contributed by atoms with Crippen LogP contribution in [0.1, 0.15) is 32.8 Å². The zero-order valence-electron chi connectivity index (χ0n) is 17.2. The Morgan fingerprint density at radius 3 is 2.33 bits per heavy atom. The molecule has 27 heavy (non-hydrogen) atoms. The van der Waals surface area contributed by atoms with Crippen LogP contribution in [0.4, 0.5) is 0 Å². The van der Waals surface area contributed by atoms with Crippen LogP contribution in [-0.4, -0.2) is 37.8 Å². The lowest BCUT2D eigenvalue weighted by atomic mass is 9.87. The predicted molar refractivity (Wildman–Crippen MR) is 109 cm³/mol. The second-order valence-corrected chi connectivity index (χ2v) is 13.6. The van der Waals surface area contributed by atoms with Crippen molar-refractivity contribution in [3.8, 4) is 5.75 Å². The van der Waals surface area contributed by atoms with Crippen molar-refractivity contribution in [1.82, 2.24) is 4.57 Å². The molecule has 6 heteroatoms. The molecule has 1 aliphatic heterocycles. The van der Waals surface area contributed by atoms with Crippen molar-refractivity contribution < 1.29 is 19.1 Å². The van der Waals surface area contributed by atoms with E-state index in [0.717, 1.165) is 11.3 Å². The lowest BCUT2D eigenvalue weighted by molar-refractivity contribution is -0.168. The molecular weight excluding hydrogens is 358 g/mol. The molecule has 1 saturated heterocycles. The second-order valence-electron chi connectivity index (χ2n) is 8.55. The third-order valence-electron chi connectivity index (χ3n) is 5.85. The molecule has 1 heterocycles. The molecule has 1 aliphatic rings. The Kier molecular flexibility index (Phi) is 6.20. The highest BCUT2D eigenvalue weighted by atomic mass is 28.3. The Labute approximate surface area is 163 Å². The zero-order valence-corrected chi connectivity index (χ0v) is 18.2. The molecule has 2 atom stereocenters. The predicted octanol–water partition coefficient (Wildman–Crippen LogP) is 4.15. The summed E-state index contributed by atoms with van der Waals surface area (Å²) in [5.74, 6) is 0.111. The lowest BCUT2D eigenvalue weighted by Gasteiger charge is -2.57. The molecule has 148 valence electrons. The molecule has 0 bridgehead atoms. The van der Waals surface area contributed by atoms with E-state index in [-0.39, 0.29) is 29.4 Å². The summed E-state index contributed by atoms with van der Waals surface area (Å²) < 4.78 is 12.6. The Balaban J connectivity index is 2.15. The Bertz CT molecular complexity index is 706. The molecule has 2 rings (SSSR count). The number of ether oxygens (including phenoxy) is 2. The van der Waals surface area contributed by atoms with Gasteiger partial charge in [-0.05, 0) is 29.2 Å². The molecule has 0 N–H and O–H groups in total. The van der Waals surface area contributed by atoms with Crippen LogP contribution in [0.3, 0.4) is 0 Å². The molecule has 1 aromatic rings. The van der Waals surface area contributed by atoms with Gasteiger partial charge in [-0.25, -0.2) is 4.79 Å². The minimum atomic E-state index is -2.17. The van der Waals surface area contributed by atoms with Crippen LogP contribution in [0.15, 0.2) is 36.9 Å². The normalized spacial score (nSPS) is 20.1. The summed E-state index contributed by atoms with van der Waals surface area (Å²) in [6, 6.07) is 6.88. The first-order valence-electron chi connectivity index (χ1n) is 9.28. The number of carbonyl (C=O) groups is 2. The van der Waals surface area contributed by atoms with Gasteiger partial charge in [-0.1, -0.05) is 52.1 Å². The monoisotopic (exact) mass is 389 g/mol. The largest absolute Gasteiger partial charge is 0.497 e. The quantitative estimate of drug-likeness (QED) is 0.304. The Hall–Kier alpha value is -2.08. The summed E-state index contributed by atoms with van der Waals surface area (Å²) in [7, 11) is -0.561. The molecular formula is C21H31NO4Si. The van der Waals surface area contributed by atoms with Crippen molar-refractivity contribution in [1.29, 1.82) is 0 Å². The van der Waals surface area contributed by atoms with Crippen molar-refractivity contribution in [3.05, 3.63) is 42.5 Å². The van der Waals surface area contributed by atoms with Crippen LogP contribution < -0.4 is 4.74 Å². The molecule has 0 aromatic heterocycles. The van der Waals surface area contributed by atoms with Gasteiger partial charge in [0.2, 0.25) is 5.91 Å². The van der Waals surface area contributed by atoms with Crippen molar-refractivity contribution in [3.63, 3.8) is 0 Å². The van der Waals surface area contributed by atoms with Gasteiger partial charge in [-0.3, -0.25) is 4.79 Å². The minimum Gasteiger partial charge on any atom is -0.497 e. The number of amides is 1. The molecule has 1 fully saturated rings. The number of methoxy groups -OCH3 is 1. The van der Waals surface area contributed by atoms with Crippen LogP contribution in [0.2, 0.25) is 18.1 Å². The molecule has 5 nitrogen and oxygen atoms in total. The third-order valence-corrected chi connectivity index (χ3v) is 11.2. The number of esters is 1. The number of carbonyl (C=O) groups excluding carboxylic acids is 2. The number of β-lactam (4-membered cyclic amide) rings is 1. The third kappa shape index (κ3) is 4.10. The fourth-order valence-corrected chi connectivity index (χ4v) is 5.59. The number of allylic oxidation sites excluding steroid dienone is 1. The standard InChI is InChI=1S/C21H31NO4Si/c1-8-9-17-18(22(19(17)23)27(6,7)21(2,3)4)20(24)26-14-15-10-12-16(25-5)13-11-15/h8,10-13,17-18H,1,9,14H2,2-7H3/t17-,18+/m1/s1. The minimum absolute atomic E-state index is 0.0453. The summed E-state index contributed by atoms with van der Waals surface area (Å²) in [6.07, 6.45) is 2.20. The van der Waals surface area contributed by atoms with Gasteiger partial charge in [-0.15, -0.1) is 6.58 Å². The molecule has 0 radical (unpaired) electrons. The van der Waals surface area contributed by atoms with E-state index in [1.807, 2.05) is 28.8 Å². The number of nitrogens with zero attached hydrogens (tertiary/aromatic N) is 1. The molecule has 1 aromatic carbocycles. The lowest BCUT2D eigenvalue weighted by Crippen LogP contribution is -2.74. The summed E-state index contributed by atoms with van der Waals surface area (Å²) in [5.41, 5.74) is 0.883. The first-order chi connectivity index (χ1) is 12.5. The van der Waals surface area contributed by atoms with Gasteiger partial charge in [0.1, 0.15) is 18.4 Å². The van der Waals surface area contributed by atoms with Crippen LogP contribution >= 0.6 is 0 Å². The van der Waals surface area contributed by atoms with E-state index >= 15 is 0 Å². The van der Waals surface area contributed by atoms with Gasteiger partial charge in [-0.2, -0.15) is 0 Å². The van der Waals surface area contributed by atoms with Crippen LogP contribution in [0.25, 0.3) is 0 Å². The second kappa shape index (κ2) is 7.88. The van der Waals surface area contributed by atoms with Crippen LogP contribution in [0.5, 0.6) is 5.75 Å². The molecule has 0 unspecified atom stereocenters. The topological polar surface area (TPSA) is 55.8 Å². The highest BCUT2D eigenvalue weighted by Crippen LogP contribution is 2.45. The molecule has 1 amide bonds. The summed E-state index contributed by atoms with van der Waals surface area (Å²) >= 11 is 0. The van der Waals surface area contributed by atoms with Crippen LogP contribution in [-0.2, 0) is 20.9 Å². The van der Waals surface area contributed by atoms with E-state index in [1.165, 1.54) is 0 Å². The van der Waals surface area contributed by atoms with E-state index in [1.54, 1.807) is 13.2 Å². The number of benzene rings is 1. The fourth-order valence-electron chi connectivity index (χ4n) is 3.17. The van der Waals surface area contributed by atoms with Crippen molar-refractivity contribution >= 4 is 20.1 Å². The zero-order chi connectivity index (χ0) is 20.4. The number of hydrogen-bond donors (Lipinski definition) is 0. The van der Waals surface area contributed by atoms with Gasteiger partial charge < -0.3 is 14.0 Å². The SMILES string of the molecule is C=CC[C@H]1C(=O)N([Si](C)(C)C(C)(C)C)[C@@H]1C(=O)OCc1ccc(OC)cc1. The van der Waals surface area contributed by atoms with Crippen molar-refractivity contribution in [2.75, 3.05) is 7.11 Å². The average molecular weight is 390 g/mol. The van der Waals surface area contributed by atoms with E-state index < -0.39 is 14.3 Å². The van der Waals surface area contributed by atoms with Crippen LogP contribution in [0, 0.1) is 5.92 Å². The first kappa shape index (κ1) is 21.2.